The van der Waals surface area contributed by atoms with Gasteiger partial charge in [0.15, 0.2) is 0 Å². The Morgan fingerprint density at radius 1 is 1.17 bits per heavy atom. The lowest BCUT2D eigenvalue weighted by Gasteiger charge is -2.09. The summed E-state index contributed by atoms with van der Waals surface area (Å²) in [5.41, 5.74) is 0.951. The molecule has 0 saturated carbocycles. The van der Waals surface area contributed by atoms with Crippen molar-refractivity contribution >= 4 is 22.5 Å². The number of carbonyl (C=O) groups is 1. The predicted molar refractivity (Wildman–Crippen MR) is 91.2 cm³/mol. The Balaban J connectivity index is 1.70. The van der Waals surface area contributed by atoms with E-state index in [4.69, 9.17) is 4.74 Å². The van der Waals surface area contributed by atoms with Gasteiger partial charge < -0.3 is 15.4 Å². The van der Waals surface area contributed by atoms with Crippen LogP contribution in [0.3, 0.4) is 0 Å². The van der Waals surface area contributed by atoms with Crippen molar-refractivity contribution in [1.29, 1.82) is 0 Å². The first kappa shape index (κ1) is 15.5. The molecule has 122 valence electrons. The van der Waals surface area contributed by atoms with E-state index in [0.717, 1.165) is 0 Å². The summed E-state index contributed by atoms with van der Waals surface area (Å²) in [6, 6.07) is 13.8. The molecule has 3 N–H and O–H groups in total. The van der Waals surface area contributed by atoms with Crippen LogP contribution in [-0.4, -0.2) is 23.3 Å². The van der Waals surface area contributed by atoms with Crippen LogP contribution in [0.1, 0.15) is 5.69 Å². The monoisotopic (exact) mass is 324 g/mol. The number of carbonyl (C=O) groups excluding carboxylic acids is 1. The second kappa shape index (κ2) is 6.82. The standard InChI is InChI=1S/C17H16N4O3/c1-24-12-6-4-5-11(9-12)19-17(23)18-10-15-13-7-2-3-8-14(13)16(22)21-20-15/h2-9H,10H2,1H3,(H,21,22)(H2,18,19,23). The van der Waals surface area contributed by atoms with E-state index in [0.29, 0.717) is 27.9 Å². The smallest absolute Gasteiger partial charge is 0.319 e. The summed E-state index contributed by atoms with van der Waals surface area (Å²) in [6.45, 7) is 0.188. The van der Waals surface area contributed by atoms with E-state index in [-0.39, 0.29) is 18.1 Å². The van der Waals surface area contributed by atoms with E-state index in [1.807, 2.05) is 6.07 Å². The summed E-state index contributed by atoms with van der Waals surface area (Å²) in [5.74, 6) is 0.654. The lowest BCUT2D eigenvalue weighted by Crippen LogP contribution is -2.29. The van der Waals surface area contributed by atoms with Gasteiger partial charge in [-0.1, -0.05) is 24.3 Å². The largest absolute Gasteiger partial charge is 0.497 e. The van der Waals surface area contributed by atoms with Crippen LogP contribution in [0.4, 0.5) is 10.5 Å². The highest BCUT2D eigenvalue weighted by Crippen LogP contribution is 2.16. The number of rotatable bonds is 4. The number of hydrogen-bond acceptors (Lipinski definition) is 4. The minimum atomic E-state index is -0.375. The molecule has 3 aromatic rings. The molecule has 2 aromatic carbocycles. The van der Waals surface area contributed by atoms with Gasteiger partial charge in [0.1, 0.15) is 5.75 Å². The van der Waals surface area contributed by atoms with Crippen molar-refractivity contribution in [3.05, 3.63) is 64.6 Å². The third-order valence-electron chi connectivity index (χ3n) is 3.52. The van der Waals surface area contributed by atoms with Gasteiger partial charge in [-0.05, 0) is 18.2 Å². The SMILES string of the molecule is COc1cccc(NC(=O)NCc2n[nH]c(=O)c3ccccc23)c1. The highest BCUT2D eigenvalue weighted by molar-refractivity contribution is 5.90. The fourth-order valence-corrected chi connectivity index (χ4v) is 2.35. The van der Waals surface area contributed by atoms with Crippen LogP contribution in [0.15, 0.2) is 53.3 Å². The van der Waals surface area contributed by atoms with Crippen LogP contribution in [0.2, 0.25) is 0 Å². The number of amides is 2. The van der Waals surface area contributed by atoms with Crippen molar-refractivity contribution in [3.63, 3.8) is 0 Å². The quantitative estimate of drug-likeness (QED) is 0.686. The summed E-state index contributed by atoms with van der Waals surface area (Å²) in [7, 11) is 1.56. The zero-order chi connectivity index (χ0) is 16.9. The second-order valence-corrected chi connectivity index (χ2v) is 5.08. The summed E-state index contributed by atoms with van der Waals surface area (Å²) >= 11 is 0. The summed E-state index contributed by atoms with van der Waals surface area (Å²) in [5, 5.41) is 13.1. The average Bonchev–Trinajstić information content (AvgIpc) is 2.61. The fourth-order valence-electron chi connectivity index (χ4n) is 2.35. The maximum absolute atomic E-state index is 12.0. The zero-order valence-corrected chi connectivity index (χ0v) is 13.0. The van der Waals surface area contributed by atoms with Crippen molar-refractivity contribution < 1.29 is 9.53 Å². The maximum atomic E-state index is 12.0. The Bertz CT molecular complexity index is 936. The number of aromatic amines is 1. The van der Waals surface area contributed by atoms with E-state index in [1.54, 1.807) is 49.6 Å². The first-order valence-corrected chi connectivity index (χ1v) is 7.32. The number of fused-ring (bicyclic) bond motifs is 1. The third kappa shape index (κ3) is 3.35. The Kier molecular flexibility index (Phi) is 4.42. The zero-order valence-electron chi connectivity index (χ0n) is 13.0. The first-order chi connectivity index (χ1) is 11.7. The molecule has 0 fully saturated rings. The molecule has 7 nitrogen and oxygen atoms in total. The number of hydrogen-bond donors (Lipinski definition) is 3. The van der Waals surface area contributed by atoms with Crippen molar-refractivity contribution in [1.82, 2.24) is 15.5 Å². The molecule has 0 atom stereocenters. The van der Waals surface area contributed by atoms with Gasteiger partial charge >= 0.3 is 6.03 Å². The Morgan fingerprint density at radius 2 is 1.96 bits per heavy atom. The summed E-state index contributed by atoms with van der Waals surface area (Å²) in [6.07, 6.45) is 0. The van der Waals surface area contributed by atoms with E-state index >= 15 is 0 Å². The molecule has 0 radical (unpaired) electrons. The van der Waals surface area contributed by atoms with E-state index in [1.165, 1.54) is 0 Å². The lowest BCUT2D eigenvalue weighted by atomic mass is 10.1. The first-order valence-electron chi connectivity index (χ1n) is 7.32. The van der Waals surface area contributed by atoms with Crippen molar-refractivity contribution in [2.45, 2.75) is 6.54 Å². The Labute approximate surface area is 137 Å². The number of methoxy groups -OCH3 is 1. The van der Waals surface area contributed by atoms with Crippen LogP contribution in [0.25, 0.3) is 10.8 Å². The number of nitrogens with zero attached hydrogens (tertiary/aromatic N) is 1. The van der Waals surface area contributed by atoms with Gasteiger partial charge in [0.2, 0.25) is 0 Å². The summed E-state index contributed by atoms with van der Waals surface area (Å²) in [4.78, 5) is 23.8. The molecule has 0 aliphatic heterocycles. The second-order valence-electron chi connectivity index (χ2n) is 5.08. The molecular formula is C17H16N4O3. The molecule has 0 aliphatic carbocycles. The number of H-pyrrole nitrogens is 1. The van der Waals surface area contributed by atoms with Gasteiger partial charge in [0.25, 0.3) is 5.56 Å². The molecule has 3 rings (SSSR count). The van der Waals surface area contributed by atoms with Crippen LogP contribution in [-0.2, 0) is 6.54 Å². The molecule has 24 heavy (non-hydrogen) atoms. The molecule has 1 aromatic heterocycles. The normalized spacial score (nSPS) is 10.4. The number of anilines is 1. The van der Waals surface area contributed by atoms with Crippen LogP contribution in [0.5, 0.6) is 5.75 Å². The van der Waals surface area contributed by atoms with Crippen molar-refractivity contribution in [2.24, 2.45) is 0 Å². The van der Waals surface area contributed by atoms with Crippen molar-refractivity contribution in [2.75, 3.05) is 12.4 Å². The number of ether oxygens (including phenoxy) is 1. The summed E-state index contributed by atoms with van der Waals surface area (Å²) < 4.78 is 5.11. The average molecular weight is 324 g/mol. The fraction of sp³-hybridized carbons (Fsp3) is 0.118. The molecule has 0 unspecified atom stereocenters. The molecule has 0 bridgehead atoms. The Morgan fingerprint density at radius 3 is 2.75 bits per heavy atom. The van der Waals surface area contributed by atoms with Gasteiger partial charge in [0, 0.05) is 17.1 Å². The number of urea groups is 1. The van der Waals surface area contributed by atoms with E-state index < -0.39 is 0 Å². The molecule has 0 aliphatic rings. The van der Waals surface area contributed by atoms with Gasteiger partial charge in [0.05, 0.1) is 24.7 Å². The third-order valence-corrected chi connectivity index (χ3v) is 3.52. The Hall–Kier alpha value is -3.35. The van der Waals surface area contributed by atoms with E-state index in [2.05, 4.69) is 20.8 Å². The highest BCUT2D eigenvalue weighted by atomic mass is 16.5. The molecule has 0 saturated heterocycles. The lowest BCUT2D eigenvalue weighted by molar-refractivity contribution is 0.251. The maximum Gasteiger partial charge on any atom is 0.319 e. The molecule has 1 heterocycles. The minimum absolute atomic E-state index is 0.188. The number of aromatic nitrogens is 2. The van der Waals surface area contributed by atoms with Gasteiger partial charge in [-0.15, -0.1) is 0 Å². The topological polar surface area (TPSA) is 96.1 Å². The highest BCUT2D eigenvalue weighted by Gasteiger charge is 2.08. The molecule has 2 amide bonds. The number of nitrogens with one attached hydrogen (secondary N) is 3. The van der Waals surface area contributed by atoms with Crippen molar-refractivity contribution in [3.8, 4) is 5.75 Å². The van der Waals surface area contributed by atoms with Gasteiger partial charge in [-0.3, -0.25) is 4.79 Å². The van der Waals surface area contributed by atoms with Crippen LogP contribution < -0.4 is 20.9 Å². The van der Waals surface area contributed by atoms with Gasteiger partial charge in [-0.25, -0.2) is 9.89 Å². The predicted octanol–water partition coefficient (Wildman–Crippen LogP) is 2.25. The van der Waals surface area contributed by atoms with E-state index in [9.17, 15) is 9.59 Å². The minimum Gasteiger partial charge on any atom is -0.497 e. The molecular weight excluding hydrogens is 308 g/mol. The molecule has 7 heteroatoms. The molecule has 0 spiro atoms. The van der Waals surface area contributed by atoms with Gasteiger partial charge in [-0.2, -0.15) is 5.10 Å². The number of benzene rings is 2. The van der Waals surface area contributed by atoms with Crippen LogP contribution >= 0.6 is 0 Å². The van der Waals surface area contributed by atoms with Crippen LogP contribution in [0, 0.1) is 0 Å².